The minimum absolute atomic E-state index is 0.121. The molecule has 3 aromatic carbocycles. The molecule has 1 unspecified atom stereocenters. The summed E-state index contributed by atoms with van der Waals surface area (Å²) >= 11 is 9.72. The molecule has 3 aromatic rings. The number of hydrogen-bond acceptors (Lipinski definition) is 5. The SMILES string of the molecule is O=C1C2(c3ccc(Br)cc3)Oc3cc(Cl)ccc3[C@]1(O)[C@@H](S(=O)(=O)N1CCCC1)[C@H]2c1ccccc1. The first-order valence-corrected chi connectivity index (χ1v) is 14.4. The summed E-state index contributed by atoms with van der Waals surface area (Å²) in [4.78, 5) is 14.5. The van der Waals surface area contributed by atoms with Gasteiger partial charge in [-0.2, -0.15) is 0 Å². The molecule has 3 aliphatic rings. The van der Waals surface area contributed by atoms with Gasteiger partial charge in [0.15, 0.2) is 5.60 Å². The minimum Gasteiger partial charge on any atom is -0.473 e. The van der Waals surface area contributed by atoms with E-state index < -0.39 is 38.2 Å². The largest absolute Gasteiger partial charge is 0.473 e. The summed E-state index contributed by atoms with van der Waals surface area (Å²) < 4.78 is 37.4. The highest BCUT2D eigenvalue weighted by atomic mass is 79.9. The van der Waals surface area contributed by atoms with E-state index >= 15 is 0 Å². The number of halogens is 2. The van der Waals surface area contributed by atoms with Crippen molar-refractivity contribution in [3.8, 4) is 5.75 Å². The van der Waals surface area contributed by atoms with Gasteiger partial charge in [-0.15, -0.1) is 0 Å². The monoisotopic (exact) mass is 587 g/mol. The Balaban J connectivity index is 1.72. The first-order chi connectivity index (χ1) is 17.2. The molecule has 2 heterocycles. The van der Waals surface area contributed by atoms with Crippen LogP contribution in [0.5, 0.6) is 5.75 Å². The second kappa shape index (κ2) is 8.39. The average molecular weight is 589 g/mol. The van der Waals surface area contributed by atoms with Crippen molar-refractivity contribution in [1.82, 2.24) is 4.31 Å². The van der Waals surface area contributed by atoms with Crippen LogP contribution in [0, 0.1) is 0 Å². The van der Waals surface area contributed by atoms with Gasteiger partial charge >= 0.3 is 0 Å². The number of hydrogen-bond donors (Lipinski definition) is 1. The Morgan fingerprint density at radius 1 is 1.00 bits per heavy atom. The number of ketones is 1. The number of ether oxygens (including phenoxy) is 1. The fourth-order valence-corrected chi connectivity index (χ4v) is 8.96. The number of fused-ring (bicyclic) bond motifs is 4. The van der Waals surface area contributed by atoms with Crippen molar-refractivity contribution in [1.29, 1.82) is 0 Å². The van der Waals surface area contributed by atoms with E-state index in [0.29, 0.717) is 29.2 Å². The van der Waals surface area contributed by atoms with Gasteiger partial charge < -0.3 is 9.84 Å². The summed E-state index contributed by atoms with van der Waals surface area (Å²) in [5.41, 5.74) is -2.95. The van der Waals surface area contributed by atoms with Gasteiger partial charge in [-0.3, -0.25) is 4.79 Å². The zero-order valence-corrected chi connectivity index (χ0v) is 22.3. The molecule has 6 nitrogen and oxygen atoms in total. The smallest absolute Gasteiger partial charge is 0.221 e. The van der Waals surface area contributed by atoms with Crippen LogP contribution in [0.15, 0.2) is 77.3 Å². The van der Waals surface area contributed by atoms with E-state index in [1.807, 2.05) is 6.07 Å². The number of nitrogens with zero attached hydrogens (tertiary/aromatic N) is 1. The molecule has 9 heteroatoms. The first-order valence-electron chi connectivity index (χ1n) is 11.8. The van der Waals surface area contributed by atoms with Gasteiger partial charge in [-0.25, -0.2) is 12.7 Å². The second-order valence-electron chi connectivity index (χ2n) is 9.54. The zero-order valence-electron chi connectivity index (χ0n) is 19.1. The van der Waals surface area contributed by atoms with Crippen LogP contribution in [0.25, 0.3) is 0 Å². The maximum atomic E-state index is 14.5. The Kier molecular flexibility index (Phi) is 5.63. The number of carbonyl (C=O) groups excluding carboxylic acids is 1. The lowest BCUT2D eigenvalue weighted by atomic mass is 9.77. The zero-order chi connectivity index (χ0) is 25.3. The molecule has 0 radical (unpaired) electrons. The molecule has 4 atom stereocenters. The Hall–Kier alpha value is -2.23. The van der Waals surface area contributed by atoms with Crippen molar-refractivity contribution in [3.63, 3.8) is 0 Å². The normalized spacial score (nSPS) is 29.7. The molecule has 1 aliphatic carbocycles. The van der Waals surface area contributed by atoms with Crippen LogP contribution in [-0.2, 0) is 26.0 Å². The maximum absolute atomic E-state index is 14.5. The second-order valence-corrected chi connectivity index (χ2v) is 12.9. The fourth-order valence-electron chi connectivity index (χ4n) is 6.09. The number of benzene rings is 3. The van der Waals surface area contributed by atoms with E-state index in [-0.39, 0.29) is 11.3 Å². The summed E-state index contributed by atoms with van der Waals surface area (Å²) in [6.07, 6.45) is 1.46. The van der Waals surface area contributed by atoms with E-state index in [0.717, 1.165) is 17.3 Å². The van der Waals surface area contributed by atoms with Gasteiger partial charge in [-0.1, -0.05) is 76.1 Å². The van der Waals surface area contributed by atoms with Crippen LogP contribution >= 0.6 is 27.5 Å². The molecular weight excluding hydrogens is 566 g/mol. The molecule has 0 amide bonds. The number of sulfonamides is 1. The molecule has 1 N–H and O–H groups in total. The van der Waals surface area contributed by atoms with E-state index in [2.05, 4.69) is 15.9 Å². The molecule has 186 valence electrons. The maximum Gasteiger partial charge on any atom is 0.221 e. The molecule has 2 aliphatic heterocycles. The topological polar surface area (TPSA) is 83.9 Å². The van der Waals surface area contributed by atoms with E-state index in [9.17, 15) is 18.3 Å². The third-order valence-electron chi connectivity index (χ3n) is 7.64. The lowest BCUT2D eigenvalue weighted by Gasteiger charge is -2.39. The third-order valence-corrected chi connectivity index (χ3v) is 10.7. The standard InChI is InChI=1S/C27H23BrClNO5S/c28-19-10-8-18(9-11-19)27-23(17-6-2-1-3-7-17)24(36(33,34)30-14-4-5-15-30)26(32,25(27)31)21-13-12-20(29)16-22(21)35-27/h1-3,6-13,16,23-24,32H,4-5,14-15H2/t23-,24+,26+,27?/m1/s1. The first kappa shape index (κ1) is 24.1. The van der Waals surface area contributed by atoms with Gasteiger partial charge in [-0.05, 0) is 42.7 Å². The Morgan fingerprint density at radius 2 is 1.67 bits per heavy atom. The highest BCUT2D eigenvalue weighted by Gasteiger charge is 2.77. The van der Waals surface area contributed by atoms with Gasteiger partial charge in [0, 0.05) is 33.7 Å². The van der Waals surface area contributed by atoms with E-state index in [4.69, 9.17) is 16.3 Å². The van der Waals surface area contributed by atoms with Crippen molar-refractivity contribution in [2.24, 2.45) is 0 Å². The van der Waals surface area contributed by atoms with E-state index in [1.54, 1.807) is 48.5 Å². The number of rotatable bonds is 4. The molecule has 36 heavy (non-hydrogen) atoms. The van der Waals surface area contributed by atoms with Crippen molar-refractivity contribution >= 4 is 43.3 Å². The molecule has 6 rings (SSSR count). The van der Waals surface area contributed by atoms with Crippen molar-refractivity contribution in [3.05, 3.63) is 99.0 Å². The van der Waals surface area contributed by atoms with Crippen LogP contribution in [0.1, 0.15) is 35.4 Å². The quantitative estimate of drug-likeness (QED) is 0.476. The minimum atomic E-state index is -4.15. The Bertz CT molecular complexity index is 1460. The van der Waals surface area contributed by atoms with Crippen LogP contribution in [-0.4, -0.2) is 42.0 Å². The Morgan fingerprint density at radius 3 is 2.33 bits per heavy atom. The van der Waals surface area contributed by atoms with Crippen molar-refractivity contribution in [2.75, 3.05) is 13.1 Å². The van der Waals surface area contributed by atoms with Gasteiger partial charge in [0.05, 0.1) is 5.92 Å². The molecular formula is C27H23BrClNO5S. The van der Waals surface area contributed by atoms with Crippen LogP contribution < -0.4 is 4.74 Å². The number of carbonyl (C=O) groups is 1. The van der Waals surface area contributed by atoms with Crippen molar-refractivity contribution in [2.45, 2.75) is 35.2 Å². The average Bonchev–Trinajstić information content (AvgIpc) is 3.45. The predicted octanol–water partition coefficient (Wildman–Crippen LogP) is 4.74. The highest BCUT2D eigenvalue weighted by molar-refractivity contribution is 9.10. The molecule has 1 saturated heterocycles. The summed E-state index contributed by atoms with van der Waals surface area (Å²) in [5.74, 6) is -1.50. The molecule has 2 fully saturated rings. The van der Waals surface area contributed by atoms with Gasteiger partial charge in [0.1, 0.15) is 11.0 Å². The Labute approximate surface area is 223 Å². The van der Waals surface area contributed by atoms with Crippen LogP contribution in [0.4, 0.5) is 0 Å². The summed E-state index contributed by atoms with van der Waals surface area (Å²) in [6, 6.07) is 20.6. The highest BCUT2D eigenvalue weighted by Crippen LogP contribution is 2.64. The molecule has 0 aromatic heterocycles. The third kappa shape index (κ3) is 3.21. The molecule has 1 saturated carbocycles. The van der Waals surface area contributed by atoms with Crippen LogP contribution in [0.3, 0.4) is 0 Å². The van der Waals surface area contributed by atoms with Gasteiger partial charge in [0.25, 0.3) is 0 Å². The summed E-state index contributed by atoms with van der Waals surface area (Å²) in [7, 11) is -4.15. The number of Topliss-reactive ketones (excluding diaryl/α,β-unsaturated/α-hetero) is 1. The van der Waals surface area contributed by atoms with Gasteiger partial charge in [0.2, 0.25) is 21.4 Å². The lowest BCUT2D eigenvalue weighted by molar-refractivity contribution is -0.151. The van der Waals surface area contributed by atoms with Crippen LogP contribution in [0.2, 0.25) is 5.02 Å². The van der Waals surface area contributed by atoms with E-state index in [1.165, 1.54) is 22.5 Å². The summed E-state index contributed by atoms with van der Waals surface area (Å²) in [6.45, 7) is 0.703. The van der Waals surface area contributed by atoms with Crippen molar-refractivity contribution < 1.29 is 23.1 Å². The lowest BCUT2D eigenvalue weighted by Crippen LogP contribution is -2.53. The predicted molar refractivity (Wildman–Crippen MR) is 140 cm³/mol. The molecule has 0 spiro atoms. The number of aliphatic hydroxyl groups is 1. The fraction of sp³-hybridized carbons (Fsp3) is 0.296. The molecule has 2 bridgehead atoms. The summed E-state index contributed by atoms with van der Waals surface area (Å²) in [5, 5.41) is 11.3.